The molecule has 132 valence electrons. The molecule has 2 amide bonds. The zero-order valence-corrected chi connectivity index (χ0v) is 15.1. The van der Waals surface area contributed by atoms with Gasteiger partial charge in [0, 0.05) is 26.3 Å². The molecule has 0 spiro atoms. The first-order valence-electron chi connectivity index (χ1n) is 8.39. The monoisotopic (exact) mass is 341 g/mol. The maximum atomic E-state index is 12.9. The van der Waals surface area contributed by atoms with Crippen LogP contribution in [0.15, 0.2) is 18.3 Å². The Hall–Kier alpha value is -2.70. The molecule has 25 heavy (non-hydrogen) atoms. The van der Waals surface area contributed by atoms with Crippen molar-refractivity contribution in [2.24, 2.45) is 0 Å². The summed E-state index contributed by atoms with van der Waals surface area (Å²) in [5.74, 6) is -0.270. The third-order valence-corrected chi connectivity index (χ3v) is 4.49. The molecule has 1 aliphatic rings. The molecule has 0 unspecified atom stereocenters. The fourth-order valence-electron chi connectivity index (χ4n) is 3.18. The summed E-state index contributed by atoms with van der Waals surface area (Å²) in [5, 5.41) is 7.89. The summed E-state index contributed by atoms with van der Waals surface area (Å²) in [4.78, 5) is 28.0. The maximum Gasteiger partial charge on any atom is 0.280 e. The first-order chi connectivity index (χ1) is 11.9. The Morgan fingerprint density at radius 1 is 1.24 bits per heavy atom. The highest BCUT2D eigenvalue weighted by Crippen LogP contribution is 2.31. The van der Waals surface area contributed by atoms with Gasteiger partial charge in [0.25, 0.3) is 5.91 Å². The van der Waals surface area contributed by atoms with Crippen LogP contribution in [0.5, 0.6) is 0 Å². The molecule has 0 atom stereocenters. The van der Waals surface area contributed by atoms with Gasteiger partial charge in [0.15, 0.2) is 5.69 Å². The van der Waals surface area contributed by atoms with Gasteiger partial charge in [-0.2, -0.15) is 0 Å². The normalized spacial score (nSPS) is 13.5. The second-order valence-corrected chi connectivity index (χ2v) is 6.73. The molecule has 0 aliphatic carbocycles. The molecule has 0 saturated carbocycles. The van der Waals surface area contributed by atoms with Crippen LogP contribution in [0.25, 0.3) is 0 Å². The molecule has 0 N–H and O–H groups in total. The largest absolute Gasteiger partial charge is 0.347 e. The van der Waals surface area contributed by atoms with E-state index in [0.717, 1.165) is 24.1 Å². The lowest BCUT2D eigenvalue weighted by atomic mass is 9.95. The number of rotatable bonds is 3. The molecule has 0 fully saturated rings. The Morgan fingerprint density at radius 2 is 2.00 bits per heavy atom. The molecule has 3 rings (SSSR count). The van der Waals surface area contributed by atoms with E-state index in [-0.39, 0.29) is 24.1 Å². The van der Waals surface area contributed by atoms with E-state index in [1.165, 1.54) is 20.7 Å². The van der Waals surface area contributed by atoms with Gasteiger partial charge in [0.05, 0.1) is 6.20 Å². The highest BCUT2D eigenvalue weighted by atomic mass is 16.2. The number of fused-ring (bicyclic) bond motifs is 1. The quantitative estimate of drug-likeness (QED) is 0.850. The van der Waals surface area contributed by atoms with Gasteiger partial charge in [-0.05, 0) is 49.4 Å². The average molecular weight is 341 g/mol. The van der Waals surface area contributed by atoms with Crippen molar-refractivity contribution in [3.8, 4) is 0 Å². The number of aromatic nitrogens is 3. The van der Waals surface area contributed by atoms with Crippen molar-refractivity contribution in [2.45, 2.75) is 33.2 Å². The van der Waals surface area contributed by atoms with Gasteiger partial charge in [0.1, 0.15) is 6.54 Å². The summed E-state index contributed by atoms with van der Waals surface area (Å²) in [6, 6.07) is 4.20. The van der Waals surface area contributed by atoms with Crippen LogP contribution in [0, 0.1) is 13.8 Å². The van der Waals surface area contributed by atoms with Crippen molar-refractivity contribution in [1.82, 2.24) is 19.9 Å². The van der Waals surface area contributed by atoms with Crippen molar-refractivity contribution in [3.63, 3.8) is 0 Å². The smallest absolute Gasteiger partial charge is 0.280 e. The van der Waals surface area contributed by atoms with Gasteiger partial charge in [0.2, 0.25) is 5.91 Å². The van der Waals surface area contributed by atoms with Crippen LogP contribution in [0.4, 0.5) is 5.69 Å². The van der Waals surface area contributed by atoms with Crippen LogP contribution in [-0.2, 0) is 17.8 Å². The first-order valence-corrected chi connectivity index (χ1v) is 8.39. The number of hydrogen-bond acceptors (Lipinski definition) is 4. The van der Waals surface area contributed by atoms with E-state index in [1.807, 2.05) is 6.92 Å². The molecular formula is C18H23N5O2. The number of hydrogen-bond donors (Lipinski definition) is 0. The zero-order valence-electron chi connectivity index (χ0n) is 15.1. The Kier molecular flexibility index (Phi) is 4.57. The minimum atomic E-state index is -0.172. The van der Waals surface area contributed by atoms with E-state index in [9.17, 15) is 9.59 Å². The third-order valence-electron chi connectivity index (χ3n) is 4.49. The highest BCUT2D eigenvalue weighted by Gasteiger charge is 2.26. The third kappa shape index (κ3) is 3.40. The molecule has 7 nitrogen and oxygen atoms in total. The van der Waals surface area contributed by atoms with E-state index in [2.05, 4.69) is 29.4 Å². The fraction of sp³-hybridized carbons (Fsp3) is 0.444. The van der Waals surface area contributed by atoms with Gasteiger partial charge < -0.3 is 9.80 Å². The molecule has 2 heterocycles. The summed E-state index contributed by atoms with van der Waals surface area (Å²) in [5.41, 5.74) is 4.80. The van der Waals surface area contributed by atoms with Crippen LogP contribution in [-0.4, -0.2) is 52.3 Å². The van der Waals surface area contributed by atoms with Gasteiger partial charge in [-0.25, -0.2) is 4.68 Å². The van der Waals surface area contributed by atoms with E-state index in [0.29, 0.717) is 6.54 Å². The van der Waals surface area contributed by atoms with E-state index < -0.39 is 0 Å². The van der Waals surface area contributed by atoms with E-state index in [1.54, 1.807) is 25.2 Å². The Bertz CT molecular complexity index is 825. The first kappa shape index (κ1) is 17.1. The molecule has 1 aromatic heterocycles. The number of likely N-dealkylation sites (N-methyl/N-ethyl adjacent to an activating group) is 1. The summed E-state index contributed by atoms with van der Waals surface area (Å²) in [6.45, 7) is 4.86. The molecule has 7 heteroatoms. The fourth-order valence-corrected chi connectivity index (χ4v) is 3.18. The van der Waals surface area contributed by atoms with Gasteiger partial charge in [-0.15, -0.1) is 5.10 Å². The number of anilines is 1. The van der Waals surface area contributed by atoms with Crippen molar-refractivity contribution in [1.29, 1.82) is 0 Å². The highest BCUT2D eigenvalue weighted by molar-refractivity contribution is 6.05. The van der Waals surface area contributed by atoms with Crippen LogP contribution in [0.3, 0.4) is 0 Å². The predicted molar refractivity (Wildman–Crippen MR) is 94.6 cm³/mol. The van der Waals surface area contributed by atoms with Crippen LogP contribution < -0.4 is 4.90 Å². The Morgan fingerprint density at radius 3 is 2.72 bits per heavy atom. The van der Waals surface area contributed by atoms with Crippen LogP contribution in [0.2, 0.25) is 0 Å². The molecule has 0 radical (unpaired) electrons. The maximum absolute atomic E-state index is 12.9. The lowest BCUT2D eigenvalue weighted by molar-refractivity contribution is -0.129. The topological polar surface area (TPSA) is 71.3 Å². The van der Waals surface area contributed by atoms with Gasteiger partial charge in [-0.1, -0.05) is 11.3 Å². The van der Waals surface area contributed by atoms with Crippen LogP contribution in [0.1, 0.15) is 33.6 Å². The molecule has 1 aliphatic heterocycles. The van der Waals surface area contributed by atoms with Gasteiger partial charge >= 0.3 is 0 Å². The standard InChI is InChI=1S/C18H23N5O2/c1-12-8-13(2)14-6-5-7-23(16(14)9-12)18(25)15-10-22(20-19-15)11-17(24)21(3)4/h8-10H,5-7,11H2,1-4H3. The lowest BCUT2D eigenvalue weighted by Crippen LogP contribution is -2.36. The molecule has 1 aromatic carbocycles. The Labute approximate surface area is 147 Å². The summed E-state index contributed by atoms with van der Waals surface area (Å²) in [6.07, 6.45) is 3.45. The Balaban J connectivity index is 1.86. The number of benzene rings is 1. The second kappa shape index (κ2) is 6.66. The van der Waals surface area contributed by atoms with E-state index in [4.69, 9.17) is 0 Å². The number of carbonyl (C=O) groups excluding carboxylic acids is 2. The number of aryl methyl sites for hydroxylation is 2. The SMILES string of the molecule is Cc1cc(C)c2c(c1)N(C(=O)c1cn(CC(=O)N(C)C)nn1)CCC2. The van der Waals surface area contributed by atoms with Crippen molar-refractivity contribution < 1.29 is 9.59 Å². The summed E-state index contributed by atoms with van der Waals surface area (Å²) >= 11 is 0. The van der Waals surface area contributed by atoms with Crippen molar-refractivity contribution in [3.05, 3.63) is 40.7 Å². The number of carbonyl (C=O) groups is 2. The van der Waals surface area contributed by atoms with Crippen molar-refractivity contribution >= 4 is 17.5 Å². The molecule has 0 saturated heterocycles. The second-order valence-electron chi connectivity index (χ2n) is 6.73. The molecule has 2 aromatic rings. The minimum absolute atomic E-state index is 0.0715. The minimum Gasteiger partial charge on any atom is -0.347 e. The van der Waals surface area contributed by atoms with Crippen LogP contribution >= 0.6 is 0 Å². The van der Waals surface area contributed by atoms with E-state index >= 15 is 0 Å². The van der Waals surface area contributed by atoms with Gasteiger partial charge in [-0.3, -0.25) is 9.59 Å². The van der Waals surface area contributed by atoms with Crippen molar-refractivity contribution in [2.75, 3.05) is 25.5 Å². The number of amides is 2. The zero-order chi connectivity index (χ0) is 18.1. The lowest BCUT2D eigenvalue weighted by Gasteiger charge is -2.30. The molecular weight excluding hydrogens is 318 g/mol. The predicted octanol–water partition coefficient (Wildman–Crippen LogP) is 1.58. The summed E-state index contributed by atoms with van der Waals surface area (Å²) in [7, 11) is 3.36. The number of nitrogens with zero attached hydrogens (tertiary/aromatic N) is 5. The average Bonchev–Trinajstić information content (AvgIpc) is 3.02. The summed E-state index contributed by atoms with van der Waals surface area (Å²) < 4.78 is 1.40. The molecule has 0 bridgehead atoms.